The number of hydrogen-bond acceptors (Lipinski definition) is 4. The van der Waals surface area contributed by atoms with Gasteiger partial charge >= 0.3 is 0 Å². The Morgan fingerprint density at radius 1 is 0.957 bits per heavy atom. The zero-order valence-electron chi connectivity index (χ0n) is 13.9. The van der Waals surface area contributed by atoms with Crippen LogP contribution in [0.1, 0.15) is 35.5 Å². The second-order valence-electron chi connectivity index (χ2n) is 5.92. The first-order chi connectivity index (χ1) is 11.0. The normalized spacial score (nSPS) is 12.2. The van der Waals surface area contributed by atoms with Gasteiger partial charge in [0.1, 0.15) is 6.04 Å². The standard InChI is InChI=1S/C19H21N3O/c1-12-8-10-16(11-9-12)19-22-21-18(23-19)15(4)20-17-7-5-6-13(2)14(17)3/h5-11,15,20H,1-4H3. The van der Waals surface area contributed by atoms with Gasteiger partial charge in [0.15, 0.2) is 0 Å². The molecular weight excluding hydrogens is 286 g/mol. The van der Waals surface area contributed by atoms with Gasteiger partial charge in [-0.15, -0.1) is 10.2 Å². The Kier molecular flexibility index (Phi) is 4.15. The van der Waals surface area contributed by atoms with Crippen LogP contribution in [0.3, 0.4) is 0 Å². The summed E-state index contributed by atoms with van der Waals surface area (Å²) in [6.45, 7) is 8.29. The van der Waals surface area contributed by atoms with Crippen LogP contribution in [0, 0.1) is 20.8 Å². The summed E-state index contributed by atoms with van der Waals surface area (Å²) in [4.78, 5) is 0. The van der Waals surface area contributed by atoms with Crippen LogP contribution in [0.15, 0.2) is 46.9 Å². The third-order valence-electron chi connectivity index (χ3n) is 4.09. The molecule has 0 amide bonds. The predicted molar refractivity (Wildman–Crippen MR) is 92.4 cm³/mol. The molecule has 0 aliphatic heterocycles. The fourth-order valence-corrected chi connectivity index (χ4v) is 2.42. The molecule has 4 heteroatoms. The zero-order valence-corrected chi connectivity index (χ0v) is 13.9. The average molecular weight is 307 g/mol. The van der Waals surface area contributed by atoms with Crippen molar-refractivity contribution >= 4 is 5.69 Å². The van der Waals surface area contributed by atoms with Gasteiger partial charge in [0.2, 0.25) is 11.8 Å². The Morgan fingerprint density at radius 2 is 1.70 bits per heavy atom. The van der Waals surface area contributed by atoms with Crippen LogP contribution in [-0.4, -0.2) is 10.2 Å². The maximum atomic E-state index is 5.83. The van der Waals surface area contributed by atoms with Crippen molar-refractivity contribution in [2.75, 3.05) is 5.32 Å². The summed E-state index contributed by atoms with van der Waals surface area (Å²) < 4.78 is 5.83. The van der Waals surface area contributed by atoms with Gasteiger partial charge in [-0.25, -0.2) is 0 Å². The van der Waals surface area contributed by atoms with Gasteiger partial charge in [-0.05, 0) is 57.0 Å². The van der Waals surface area contributed by atoms with Crippen molar-refractivity contribution in [3.05, 3.63) is 65.0 Å². The summed E-state index contributed by atoms with van der Waals surface area (Å²) in [7, 11) is 0. The molecule has 0 bridgehead atoms. The summed E-state index contributed by atoms with van der Waals surface area (Å²) in [5.74, 6) is 1.14. The van der Waals surface area contributed by atoms with Crippen molar-refractivity contribution in [3.63, 3.8) is 0 Å². The van der Waals surface area contributed by atoms with Gasteiger partial charge in [-0.1, -0.05) is 29.8 Å². The number of aromatic nitrogens is 2. The fraction of sp³-hybridized carbons (Fsp3) is 0.263. The number of nitrogens with zero attached hydrogens (tertiary/aromatic N) is 2. The minimum absolute atomic E-state index is 0.0535. The lowest BCUT2D eigenvalue weighted by Crippen LogP contribution is -2.08. The van der Waals surface area contributed by atoms with Crippen LogP contribution in [-0.2, 0) is 0 Å². The molecule has 1 heterocycles. The van der Waals surface area contributed by atoms with E-state index in [9.17, 15) is 0 Å². The molecule has 0 spiro atoms. The summed E-state index contributed by atoms with van der Waals surface area (Å²) in [6, 6.07) is 14.2. The largest absolute Gasteiger partial charge is 0.418 e. The molecule has 118 valence electrons. The first-order valence-electron chi connectivity index (χ1n) is 7.78. The first-order valence-corrected chi connectivity index (χ1v) is 7.78. The Bertz CT molecular complexity index is 806. The van der Waals surface area contributed by atoms with Crippen LogP contribution < -0.4 is 5.32 Å². The van der Waals surface area contributed by atoms with Crippen LogP contribution in [0.5, 0.6) is 0 Å². The molecular formula is C19H21N3O. The number of benzene rings is 2. The highest BCUT2D eigenvalue weighted by molar-refractivity contribution is 5.55. The monoisotopic (exact) mass is 307 g/mol. The Morgan fingerprint density at radius 3 is 2.43 bits per heavy atom. The zero-order chi connectivity index (χ0) is 16.4. The summed E-state index contributed by atoms with van der Waals surface area (Å²) in [6.07, 6.45) is 0. The molecule has 0 saturated heterocycles. The van der Waals surface area contributed by atoms with Gasteiger partial charge in [0.25, 0.3) is 0 Å². The Labute approximate surface area is 136 Å². The number of nitrogens with one attached hydrogen (secondary N) is 1. The van der Waals surface area contributed by atoms with Crippen molar-refractivity contribution in [3.8, 4) is 11.5 Å². The molecule has 0 fully saturated rings. The maximum Gasteiger partial charge on any atom is 0.247 e. The molecule has 2 aromatic carbocycles. The van der Waals surface area contributed by atoms with E-state index in [-0.39, 0.29) is 6.04 Å². The highest BCUT2D eigenvalue weighted by atomic mass is 16.4. The highest BCUT2D eigenvalue weighted by Gasteiger charge is 2.15. The first kappa shape index (κ1) is 15.3. The SMILES string of the molecule is Cc1ccc(-c2nnc(C(C)Nc3cccc(C)c3C)o2)cc1. The molecule has 0 aliphatic carbocycles. The second kappa shape index (κ2) is 6.24. The fourth-order valence-electron chi connectivity index (χ4n) is 2.42. The third kappa shape index (κ3) is 3.26. The molecule has 4 nitrogen and oxygen atoms in total. The van der Waals surface area contributed by atoms with E-state index >= 15 is 0 Å². The molecule has 1 atom stereocenters. The van der Waals surface area contributed by atoms with Crippen molar-refractivity contribution in [2.24, 2.45) is 0 Å². The van der Waals surface area contributed by atoms with Gasteiger partial charge < -0.3 is 9.73 Å². The predicted octanol–water partition coefficient (Wildman–Crippen LogP) is 4.83. The molecule has 1 unspecified atom stereocenters. The minimum Gasteiger partial charge on any atom is -0.418 e. The van der Waals surface area contributed by atoms with E-state index in [1.807, 2.05) is 37.3 Å². The van der Waals surface area contributed by atoms with Gasteiger partial charge in [-0.3, -0.25) is 0 Å². The van der Waals surface area contributed by atoms with Gasteiger partial charge in [0, 0.05) is 11.3 Å². The molecule has 1 N–H and O–H groups in total. The van der Waals surface area contributed by atoms with Crippen LogP contribution in [0.25, 0.3) is 11.5 Å². The third-order valence-corrected chi connectivity index (χ3v) is 4.09. The summed E-state index contributed by atoms with van der Waals surface area (Å²) in [5, 5.41) is 11.8. The minimum atomic E-state index is -0.0535. The van der Waals surface area contributed by atoms with Gasteiger partial charge in [-0.2, -0.15) is 0 Å². The van der Waals surface area contributed by atoms with E-state index in [0.717, 1.165) is 11.3 Å². The van der Waals surface area contributed by atoms with E-state index in [1.54, 1.807) is 0 Å². The van der Waals surface area contributed by atoms with E-state index in [0.29, 0.717) is 11.8 Å². The Balaban J connectivity index is 1.79. The molecule has 0 aliphatic rings. The van der Waals surface area contributed by atoms with Crippen LogP contribution >= 0.6 is 0 Å². The molecule has 1 aromatic heterocycles. The van der Waals surface area contributed by atoms with E-state index in [2.05, 4.69) is 48.4 Å². The number of rotatable bonds is 4. The molecule has 0 radical (unpaired) electrons. The summed E-state index contributed by atoms with van der Waals surface area (Å²) >= 11 is 0. The molecule has 3 aromatic rings. The van der Waals surface area contributed by atoms with Crippen molar-refractivity contribution in [1.29, 1.82) is 0 Å². The van der Waals surface area contributed by atoms with E-state index < -0.39 is 0 Å². The molecule has 0 saturated carbocycles. The number of aryl methyl sites for hydroxylation is 2. The van der Waals surface area contributed by atoms with Crippen LogP contribution in [0.4, 0.5) is 5.69 Å². The summed E-state index contributed by atoms with van der Waals surface area (Å²) in [5.41, 5.74) is 5.73. The quantitative estimate of drug-likeness (QED) is 0.749. The molecule has 3 rings (SSSR count). The lowest BCUT2D eigenvalue weighted by Gasteiger charge is -2.15. The van der Waals surface area contributed by atoms with Crippen molar-refractivity contribution in [2.45, 2.75) is 33.7 Å². The number of anilines is 1. The topological polar surface area (TPSA) is 51.0 Å². The lowest BCUT2D eigenvalue weighted by atomic mass is 10.1. The average Bonchev–Trinajstić information content (AvgIpc) is 3.02. The smallest absolute Gasteiger partial charge is 0.247 e. The van der Waals surface area contributed by atoms with E-state index in [4.69, 9.17) is 4.42 Å². The van der Waals surface area contributed by atoms with Crippen molar-refractivity contribution in [1.82, 2.24) is 10.2 Å². The lowest BCUT2D eigenvalue weighted by molar-refractivity contribution is 0.485. The van der Waals surface area contributed by atoms with Gasteiger partial charge in [0.05, 0.1) is 0 Å². The second-order valence-corrected chi connectivity index (χ2v) is 5.92. The Hall–Kier alpha value is -2.62. The maximum absolute atomic E-state index is 5.83. The van der Waals surface area contributed by atoms with Crippen LogP contribution in [0.2, 0.25) is 0 Å². The number of hydrogen-bond donors (Lipinski definition) is 1. The molecule has 23 heavy (non-hydrogen) atoms. The van der Waals surface area contributed by atoms with Crippen molar-refractivity contribution < 1.29 is 4.42 Å². The highest BCUT2D eigenvalue weighted by Crippen LogP contribution is 2.25. The van der Waals surface area contributed by atoms with E-state index in [1.165, 1.54) is 16.7 Å².